The second kappa shape index (κ2) is 12.2. The maximum atomic E-state index is 14.2. The zero-order valence-corrected chi connectivity index (χ0v) is 19.9. The molecule has 0 unspecified atom stereocenters. The van der Waals surface area contributed by atoms with Gasteiger partial charge in [0.05, 0.1) is 5.69 Å². The molecule has 33 heavy (non-hydrogen) atoms. The number of aryl methyl sites for hydroxylation is 1. The Kier molecular flexibility index (Phi) is 9.37. The molecule has 2 aromatic rings. The minimum atomic E-state index is -1.54. The van der Waals surface area contributed by atoms with Gasteiger partial charge in [0.1, 0.15) is 5.60 Å². The Morgan fingerprint density at radius 3 is 2.52 bits per heavy atom. The summed E-state index contributed by atoms with van der Waals surface area (Å²) in [5, 5.41) is 10.8. The number of carbonyl (C=O) groups excluding carboxylic acids is 1. The molecule has 0 saturated heterocycles. The third-order valence-electron chi connectivity index (χ3n) is 6.99. The lowest BCUT2D eigenvalue weighted by Crippen LogP contribution is -2.46. The van der Waals surface area contributed by atoms with Crippen LogP contribution in [0.5, 0.6) is 0 Å². The molecule has 0 bridgehead atoms. The second-order valence-electron chi connectivity index (χ2n) is 9.49. The molecule has 1 fully saturated rings. The Balaban J connectivity index is 1.54. The topological polar surface area (TPSA) is 50.2 Å². The zero-order chi connectivity index (χ0) is 23.7. The van der Waals surface area contributed by atoms with Gasteiger partial charge in [0, 0.05) is 11.8 Å². The molecular formula is C29H38FNO2. The first-order valence-electron chi connectivity index (χ1n) is 12.5. The van der Waals surface area contributed by atoms with Gasteiger partial charge in [0.15, 0.2) is 12.0 Å². The van der Waals surface area contributed by atoms with Crippen molar-refractivity contribution in [1.82, 2.24) is 4.98 Å². The van der Waals surface area contributed by atoms with Crippen molar-refractivity contribution in [3.8, 4) is 11.3 Å². The van der Waals surface area contributed by atoms with Crippen LogP contribution in [0.4, 0.5) is 4.39 Å². The van der Waals surface area contributed by atoms with Crippen molar-refractivity contribution in [2.45, 2.75) is 95.2 Å². The molecular weight excluding hydrogens is 413 g/mol. The van der Waals surface area contributed by atoms with Crippen molar-refractivity contribution >= 4 is 5.78 Å². The van der Waals surface area contributed by atoms with Crippen molar-refractivity contribution in [2.24, 2.45) is 0 Å². The van der Waals surface area contributed by atoms with Crippen LogP contribution in [-0.2, 0) is 11.2 Å². The number of hydrogen-bond acceptors (Lipinski definition) is 3. The number of carbonyl (C=O) groups is 1. The summed E-state index contributed by atoms with van der Waals surface area (Å²) >= 11 is 0. The lowest BCUT2D eigenvalue weighted by atomic mass is 9.73. The molecule has 1 saturated carbocycles. The molecule has 1 aliphatic rings. The lowest BCUT2D eigenvalue weighted by Gasteiger charge is -2.35. The fourth-order valence-electron chi connectivity index (χ4n) is 4.77. The van der Waals surface area contributed by atoms with E-state index in [9.17, 15) is 14.3 Å². The average molecular weight is 452 g/mol. The Morgan fingerprint density at radius 1 is 1.18 bits per heavy atom. The van der Waals surface area contributed by atoms with Crippen LogP contribution >= 0.6 is 0 Å². The number of Topliss-reactive ketones (excluding diaryl/α,β-unsaturated/α-hetero) is 1. The highest BCUT2D eigenvalue weighted by Gasteiger charge is 2.43. The minimum absolute atomic E-state index is 0.215. The van der Waals surface area contributed by atoms with E-state index in [1.165, 1.54) is 11.1 Å². The van der Waals surface area contributed by atoms with Crippen LogP contribution in [0, 0.1) is 0 Å². The summed E-state index contributed by atoms with van der Waals surface area (Å²) in [6.07, 6.45) is 10.6. The molecule has 0 aliphatic heterocycles. The normalized spacial score (nSPS) is 21.5. The predicted octanol–water partition coefficient (Wildman–Crippen LogP) is 7.13. The Labute approximate surface area is 198 Å². The van der Waals surface area contributed by atoms with Crippen LogP contribution in [0.15, 0.2) is 55.3 Å². The highest BCUT2D eigenvalue weighted by atomic mass is 19.1. The van der Waals surface area contributed by atoms with Crippen molar-refractivity contribution in [3.05, 3.63) is 66.4 Å². The summed E-state index contributed by atoms with van der Waals surface area (Å²) in [4.78, 5) is 17.1. The molecule has 1 aromatic carbocycles. The Morgan fingerprint density at radius 2 is 1.91 bits per heavy atom. The Bertz CT molecular complexity index is 883. The number of alkyl halides is 1. The first-order valence-corrected chi connectivity index (χ1v) is 12.5. The largest absolute Gasteiger partial charge is 0.382 e. The number of ketones is 1. The van der Waals surface area contributed by atoms with Crippen molar-refractivity contribution < 1.29 is 14.3 Å². The van der Waals surface area contributed by atoms with Gasteiger partial charge in [0.25, 0.3) is 0 Å². The number of aliphatic hydroxyl groups is 1. The molecule has 3 rings (SSSR count). The predicted molar refractivity (Wildman–Crippen MR) is 133 cm³/mol. The molecule has 4 heteroatoms. The number of benzene rings is 1. The van der Waals surface area contributed by atoms with Crippen LogP contribution < -0.4 is 0 Å². The first-order chi connectivity index (χ1) is 16.0. The van der Waals surface area contributed by atoms with Crippen molar-refractivity contribution in [3.63, 3.8) is 0 Å². The van der Waals surface area contributed by atoms with E-state index in [0.717, 1.165) is 43.4 Å². The zero-order valence-electron chi connectivity index (χ0n) is 19.9. The van der Waals surface area contributed by atoms with E-state index < -0.39 is 17.6 Å². The first kappa shape index (κ1) is 25.3. The molecule has 1 aromatic heterocycles. The molecule has 178 valence electrons. The van der Waals surface area contributed by atoms with Gasteiger partial charge in [-0.3, -0.25) is 9.78 Å². The number of nitrogens with zero attached hydrogens (tertiary/aromatic N) is 1. The van der Waals surface area contributed by atoms with E-state index in [2.05, 4.69) is 48.0 Å². The van der Waals surface area contributed by atoms with Crippen LogP contribution in [0.1, 0.15) is 88.2 Å². The van der Waals surface area contributed by atoms with Crippen LogP contribution in [0.3, 0.4) is 0 Å². The maximum absolute atomic E-state index is 14.2. The van der Waals surface area contributed by atoms with Gasteiger partial charge in [-0.2, -0.15) is 0 Å². The molecule has 1 atom stereocenters. The summed E-state index contributed by atoms with van der Waals surface area (Å²) < 4.78 is 14.2. The highest BCUT2D eigenvalue weighted by Crippen LogP contribution is 2.40. The SMILES string of the molecule is C=CCCCCc1ccc(-c2ccc([C@H]3CC[C@@](O)(C(=O)[C@@H](F)CCCC)CC3)cc2)nc1. The second-order valence-corrected chi connectivity index (χ2v) is 9.49. The number of pyridine rings is 1. The van der Waals surface area contributed by atoms with Gasteiger partial charge in [-0.1, -0.05) is 56.2 Å². The average Bonchev–Trinajstić information content (AvgIpc) is 2.85. The van der Waals surface area contributed by atoms with E-state index >= 15 is 0 Å². The fourth-order valence-corrected chi connectivity index (χ4v) is 4.77. The third kappa shape index (κ3) is 6.83. The monoisotopic (exact) mass is 451 g/mol. The Hall–Kier alpha value is -2.33. The summed E-state index contributed by atoms with van der Waals surface area (Å²) in [5.41, 5.74) is 3.00. The van der Waals surface area contributed by atoms with Gasteiger partial charge >= 0.3 is 0 Å². The molecule has 3 nitrogen and oxygen atoms in total. The van der Waals surface area contributed by atoms with Crippen LogP contribution in [0.25, 0.3) is 11.3 Å². The molecule has 1 aliphatic carbocycles. The van der Waals surface area contributed by atoms with Crippen LogP contribution in [-0.4, -0.2) is 27.6 Å². The third-order valence-corrected chi connectivity index (χ3v) is 6.99. The van der Waals surface area contributed by atoms with Crippen molar-refractivity contribution in [2.75, 3.05) is 0 Å². The quantitative estimate of drug-likeness (QED) is 0.276. The minimum Gasteiger partial charge on any atom is -0.382 e. The van der Waals surface area contributed by atoms with Crippen LogP contribution in [0.2, 0.25) is 0 Å². The number of halogens is 1. The smallest absolute Gasteiger partial charge is 0.198 e. The number of allylic oxidation sites excluding steroid dienone is 1. The fraction of sp³-hybridized carbons (Fsp3) is 0.517. The number of unbranched alkanes of at least 4 members (excludes halogenated alkanes) is 3. The van der Waals surface area contributed by atoms with E-state index in [1.54, 1.807) is 0 Å². The summed E-state index contributed by atoms with van der Waals surface area (Å²) in [7, 11) is 0. The van der Waals surface area contributed by atoms with Gasteiger partial charge in [0.2, 0.25) is 0 Å². The standard InChI is InChI=1S/C29H38FNO2/c1-3-5-7-8-9-22-11-16-27(31-21-22)25-14-12-23(13-15-25)24-17-19-29(33,20-18-24)28(32)26(30)10-6-4-2/h3,11-16,21,24,26,33H,1,4-10,17-20H2,2H3/t24-,26-,29-/m0/s1. The van der Waals surface area contributed by atoms with E-state index in [0.29, 0.717) is 32.1 Å². The van der Waals surface area contributed by atoms with E-state index in [-0.39, 0.29) is 12.3 Å². The number of hydrogen-bond donors (Lipinski definition) is 1. The van der Waals surface area contributed by atoms with Crippen molar-refractivity contribution in [1.29, 1.82) is 0 Å². The summed E-state index contributed by atoms with van der Waals surface area (Å²) in [6, 6.07) is 12.7. The summed E-state index contributed by atoms with van der Waals surface area (Å²) in [6.45, 7) is 5.74. The molecule has 0 amide bonds. The lowest BCUT2D eigenvalue weighted by molar-refractivity contribution is -0.146. The van der Waals surface area contributed by atoms with Gasteiger partial charge in [-0.25, -0.2) is 4.39 Å². The van der Waals surface area contributed by atoms with Gasteiger partial charge < -0.3 is 5.11 Å². The molecule has 0 spiro atoms. The molecule has 1 N–H and O–H groups in total. The molecule has 0 radical (unpaired) electrons. The van der Waals surface area contributed by atoms with Gasteiger partial charge in [-0.05, 0) is 80.9 Å². The summed E-state index contributed by atoms with van der Waals surface area (Å²) in [5.74, 6) is -0.327. The maximum Gasteiger partial charge on any atom is 0.198 e. The number of aromatic nitrogens is 1. The molecule has 1 heterocycles. The van der Waals surface area contributed by atoms with E-state index in [1.807, 2.05) is 19.2 Å². The number of rotatable bonds is 12. The van der Waals surface area contributed by atoms with E-state index in [4.69, 9.17) is 0 Å². The highest BCUT2D eigenvalue weighted by molar-refractivity contribution is 5.91. The van der Waals surface area contributed by atoms with Gasteiger partial charge in [-0.15, -0.1) is 6.58 Å².